The summed E-state index contributed by atoms with van der Waals surface area (Å²) in [7, 11) is 0. The van der Waals surface area contributed by atoms with Crippen molar-refractivity contribution in [1.82, 2.24) is 9.97 Å². The Labute approximate surface area is 202 Å². The molecule has 0 aliphatic carbocycles. The number of nitrogens with zero attached hydrogens (tertiary/aromatic N) is 1. The van der Waals surface area contributed by atoms with Crippen LogP contribution in [-0.2, 0) is 6.18 Å². The van der Waals surface area contributed by atoms with Crippen LogP contribution in [0.2, 0.25) is 5.02 Å². The summed E-state index contributed by atoms with van der Waals surface area (Å²) < 4.78 is 46.0. The Morgan fingerprint density at radius 1 is 1.14 bits per heavy atom. The number of hydrogen-bond donors (Lipinski definition) is 4. The van der Waals surface area contributed by atoms with E-state index in [9.17, 15) is 23.1 Å². The molecule has 7 nitrogen and oxygen atoms in total. The number of amides is 1. The summed E-state index contributed by atoms with van der Waals surface area (Å²) in [5.41, 5.74) is 0.0759. The summed E-state index contributed by atoms with van der Waals surface area (Å²) in [6.07, 6.45) is -5.65. The molecule has 0 spiro atoms. The molecule has 0 fully saturated rings. The maximum absolute atomic E-state index is 13.6. The second-order valence-corrected chi connectivity index (χ2v) is 8.04. The highest BCUT2D eigenvalue weighted by Crippen LogP contribution is 2.38. The molecule has 1 atom stereocenters. The quantitative estimate of drug-likeness (QED) is 0.286. The first kappa shape index (κ1) is 24.5. The van der Waals surface area contributed by atoms with Gasteiger partial charge in [-0.2, -0.15) is 13.2 Å². The number of alkyl halides is 3. The Morgan fingerprint density at radius 2 is 1.89 bits per heavy atom. The highest BCUT2D eigenvalue weighted by Gasteiger charge is 2.35. The molecule has 0 aliphatic rings. The summed E-state index contributed by atoms with van der Waals surface area (Å²) >= 11 is 5.77. The predicted octanol–water partition coefficient (Wildman–Crippen LogP) is 4.89. The third kappa shape index (κ3) is 5.56. The third-order valence-electron chi connectivity index (χ3n) is 5.06. The Kier molecular flexibility index (Phi) is 6.97. The normalized spacial score (nSPS) is 12.5. The van der Waals surface area contributed by atoms with Crippen molar-refractivity contribution in [3.05, 3.63) is 76.8 Å². The van der Waals surface area contributed by atoms with Crippen LogP contribution in [0.5, 0.6) is 5.75 Å². The third-order valence-corrected chi connectivity index (χ3v) is 5.30. The van der Waals surface area contributed by atoms with Crippen LogP contribution in [0, 0.1) is 0 Å². The average Bonchev–Trinajstić information content (AvgIpc) is 3.27. The number of aliphatic hydroxyl groups excluding tert-OH is 2. The smallest absolute Gasteiger partial charge is 0.417 e. The second-order valence-electron chi connectivity index (χ2n) is 7.60. The number of para-hydroxylation sites is 1. The number of aromatic amines is 1. The minimum absolute atomic E-state index is 0.0455. The number of aliphatic hydroxyl groups is 2. The topological polar surface area (TPSA) is 107 Å². The molecule has 4 N–H and O–H groups in total. The van der Waals surface area contributed by atoms with Crippen LogP contribution in [0.25, 0.3) is 22.4 Å². The molecule has 0 radical (unpaired) electrons. The van der Waals surface area contributed by atoms with Gasteiger partial charge in [-0.3, -0.25) is 4.79 Å². The highest BCUT2D eigenvalue weighted by molar-refractivity contribution is 6.30. The highest BCUT2D eigenvalue weighted by atomic mass is 35.5. The van der Waals surface area contributed by atoms with Crippen molar-refractivity contribution in [2.75, 3.05) is 18.5 Å². The van der Waals surface area contributed by atoms with Crippen molar-refractivity contribution >= 4 is 34.2 Å². The molecule has 182 valence electrons. The van der Waals surface area contributed by atoms with E-state index in [2.05, 4.69) is 15.3 Å². The maximum atomic E-state index is 13.6. The van der Waals surface area contributed by atoms with Crippen molar-refractivity contribution in [3.63, 3.8) is 0 Å². The van der Waals surface area contributed by atoms with Crippen LogP contribution in [-0.4, -0.2) is 45.4 Å². The zero-order chi connectivity index (χ0) is 25.2. The van der Waals surface area contributed by atoms with Crippen molar-refractivity contribution in [1.29, 1.82) is 0 Å². The molecule has 1 heterocycles. The molecule has 1 aromatic heterocycles. The first-order valence-electron chi connectivity index (χ1n) is 10.3. The molecule has 4 aromatic rings. The van der Waals surface area contributed by atoms with E-state index in [-0.39, 0.29) is 34.1 Å². The van der Waals surface area contributed by atoms with Gasteiger partial charge in [0.2, 0.25) is 0 Å². The number of aromatic nitrogens is 2. The summed E-state index contributed by atoms with van der Waals surface area (Å²) in [5.74, 6) is -0.126. The molecular weight excluding hydrogens is 487 g/mol. The standard InChI is InChI=1S/C24H19ClF3N3O4/c25-13-4-9-17(19(10-13)24(26,27)28)22-30-20-3-1-2-18(21(20)31-22)23(34)29-14-5-7-16(8-6-14)35-12-15(33)11-32/h1-10,15,32-33H,11-12H2,(H,29,34)(H,30,31). The first-order valence-corrected chi connectivity index (χ1v) is 10.7. The first-order chi connectivity index (χ1) is 16.7. The van der Waals surface area contributed by atoms with Gasteiger partial charge in [-0.15, -0.1) is 0 Å². The SMILES string of the molecule is O=C(Nc1ccc(OCC(O)CO)cc1)c1cccc2[nH]c(-c3ccc(Cl)cc3C(F)(F)F)nc12. The van der Waals surface area contributed by atoms with E-state index < -0.39 is 30.4 Å². The van der Waals surface area contributed by atoms with Gasteiger partial charge in [0.15, 0.2) is 0 Å². The number of hydrogen-bond acceptors (Lipinski definition) is 5. The van der Waals surface area contributed by atoms with Crippen molar-refractivity contribution < 1.29 is 32.9 Å². The molecule has 0 saturated heterocycles. The lowest BCUT2D eigenvalue weighted by Gasteiger charge is -2.11. The zero-order valence-electron chi connectivity index (χ0n) is 17.9. The molecule has 4 rings (SSSR count). The minimum Gasteiger partial charge on any atom is -0.491 e. The Hall–Kier alpha value is -3.60. The fourth-order valence-corrected chi connectivity index (χ4v) is 3.55. The summed E-state index contributed by atoms with van der Waals surface area (Å²) in [4.78, 5) is 20.1. The van der Waals surface area contributed by atoms with Gasteiger partial charge in [0.25, 0.3) is 5.91 Å². The van der Waals surface area contributed by atoms with Gasteiger partial charge in [-0.1, -0.05) is 17.7 Å². The Morgan fingerprint density at radius 3 is 2.57 bits per heavy atom. The number of ether oxygens (including phenoxy) is 1. The van der Waals surface area contributed by atoms with Crippen LogP contribution >= 0.6 is 11.6 Å². The van der Waals surface area contributed by atoms with E-state index in [1.165, 1.54) is 18.2 Å². The molecule has 0 aliphatic heterocycles. The number of imidazole rings is 1. The van der Waals surface area contributed by atoms with Crippen molar-refractivity contribution in [2.45, 2.75) is 12.3 Å². The number of halogens is 4. The van der Waals surface area contributed by atoms with Crippen LogP contribution in [0.4, 0.5) is 18.9 Å². The number of carbonyl (C=O) groups excluding carboxylic acids is 1. The van der Waals surface area contributed by atoms with Crippen molar-refractivity contribution in [3.8, 4) is 17.1 Å². The number of anilines is 1. The van der Waals surface area contributed by atoms with Crippen molar-refractivity contribution in [2.24, 2.45) is 0 Å². The second kappa shape index (κ2) is 9.95. The number of nitrogens with one attached hydrogen (secondary N) is 2. The Balaban J connectivity index is 1.59. The van der Waals surface area contributed by atoms with Crippen LogP contribution in [0.15, 0.2) is 60.7 Å². The molecular formula is C24H19ClF3N3O4. The summed E-state index contributed by atoms with van der Waals surface area (Å²) in [6.45, 7) is -0.514. The fraction of sp³-hybridized carbons (Fsp3) is 0.167. The van der Waals surface area contributed by atoms with E-state index >= 15 is 0 Å². The zero-order valence-corrected chi connectivity index (χ0v) is 18.7. The lowest BCUT2D eigenvalue weighted by Crippen LogP contribution is -2.21. The number of rotatable bonds is 7. The van der Waals surface area contributed by atoms with E-state index in [1.807, 2.05) is 0 Å². The molecule has 0 saturated carbocycles. The number of fused-ring (bicyclic) bond motifs is 1. The average molecular weight is 506 g/mol. The van der Waals surface area contributed by atoms with Crippen LogP contribution < -0.4 is 10.1 Å². The van der Waals surface area contributed by atoms with Gasteiger partial charge in [-0.05, 0) is 54.6 Å². The minimum atomic E-state index is -4.65. The largest absolute Gasteiger partial charge is 0.491 e. The number of benzene rings is 3. The van der Waals surface area contributed by atoms with Gasteiger partial charge in [0.05, 0.1) is 23.3 Å². The monoisotopic (exact) mass is 505 g/mol. The molecule has 1 unspecified atom stereocenters. The van der Waals surface area contributed by atoms with Crippen LogP contribution in [0.1, 0.15) is 15.9 Å². The molecule has 11 heteroatoms. The van der Waals surface area contributed by atoms with Gasteiger partial charge in [0, 0.05) is 16.3 Å². The Bertz CT molecular complexity index is 1360. The molecule has 35 heavy (non-hydrogen) atoms. The van der Waals surface area contributed by atoms with Gasteiger partial charge in [0.1, 0.15) is 29.8 Å². The lowest BCUT2D eigenvalue weighted by atomic mass is 10.1. The molecule has 3 aromatic carbocycles. The van der Waals surface area contributed by atoms with Gasteiger partial charge < -0.3 is 25.3 Å². The molecule has 1 amide bonds. The van der Waals surface area contributed by atoms with E-state index in [1.54, 1.807) is 36.4 Å². The predicted molar refractivity (Wildman–Crippen MR) is 125 cm³/mol. The summed E-state index contributed by atoms with van der Waals surface area (Å²) in [6, 6.07) is 14.4. The number of carbonyl (C=O) groups is 1. The molecule has 0 bridgehead atoms. The maximum Gasteiger partial charge on any atom is 0.417 e. The van der Waals surface area contributed by atoms with Gasteiger partial charge >= 0.3 is 6.18 Å². The number of H-pyrrole nitrogens is 1. The van der Waals surface area contributed by atoms with E-state index in [4.69, 9.17) is 21.4 Å². The van der Waals surface area contributed by atoms with E-state index in [0.717, 1.165) is 6.07 Å². The summed E-state index contributed by atoms with van der Waals surface area (Å²) in [5, 5.41) is 20.8. The van der Waals surface area contributed by atoms with Gasteiger partial charge in [-0.25, -0.2) is 4.98 Å². The fourth-order valence-electron chi connectivity index (χ4n) is 3.38. The lowest BCUT2D eigenvalue weighted by molar-refractivity contribution is -0.137. The van der Waals surface area contributed by atoms with Crippen LogP contribution in [0.3, 0.4) is 0 Å². The van der Waals surface area contributed by atoms with E-state index in [0.29, 0.717) is 17.0 Å².